The molecule has 0 bridgehead atoms. The molecule has 0 saturated carbocycles. The number of furan rings is 1. The van der Waals surface area contributed by atoms with Gasteiger partial charge in [0.1, 0.15) is 52.1 Å². The second-order valence-corrected chi connectivity index (χ2v) is 12.8. The predicted octanol–water partition coefficient (Wildman–Crippen LogP) is 1.34. The van der Waals surface area contributed by atoms with Crippen LogP contribution in [0.5, 0.6) is 0 Å². The summed E-state index contributed by atoms with van der Waals surface area (Å²) < 4.78 is 9.49. The zero-order valence-electron chi connectivity index (χ0n) is 23.4. The van der Waals surface area contributed by atoms with Crippen LogP contribution >= 0.6 is 34.7 Å². The van der Waals surface area contributed by atoms with Gasteiger partial charge in [0.2, 0.25) is 0 Å². The number of nitrogen functional groups attached to an aromatic ring is 2. The topological polar surface area (TPSA) is 219 Å². The SMILES string of the molecule is CO/N=C(\C(=O)N[C@@H]1C(=O)N2C(C(=O)O)=C(C[n+]3ccc4c(ccn4Cc4cc(C(=N)N)co4)c3)CS[C@H]12)c1nc(N)sc1Cl. The summed E-state index contributed by atoms with van der Waals surface area (Å²) in [5, 5.41) is 24.4. The molecule has 2 amide bonds. The predicted molar refractivity (Wildman–Crippen MR) is 166 cm³/mol. The molecule has 0 spiro atoms. The van der Waals surface area contributed by atoms with Crippen LogP contribution in [0.4, 0.5) is 5.13 Å². The van der Waals surface area contributed by atoms with E-state index in [9.17, 15) is 19.5 Å². The van der Waals surface area contributed by atoms with Crippen LogP contribution in [-0.2, 0) is 32.3 Å². The molecule has 0 aromatic carbocycles. The van der Waals surface area contributed by atoms with Crippen molar-refractivity contribution < 1.29 is 33.3 Å². The molecule has 2 aliphatic heterocycles. The number of hydrogen-bond donors (Lipinski definition) is 5. The fourth-order valence-corrected chi connectivity index (χ4v) is 7.45. The number of nitrogens with zero attached hydrogens (tertiary/aromatic N) is 5. The van der Waals surface area contributed by atoms with Crippen molar-refractivity contribution in [1.82, 2.24) is 19.8 Å². The largest absolute Gasteiger partial charge is 0.477 e. The Hall–Kier alpha value is -4.87. The number of pyridine rings is 1. The Morgan fingerprint density at radius 3 is 2.87 bits per heavy atom. The van der Waals surface area contributed by atoms with Gasteiger partial charge in [0.15, 0.2) is 29.8 Å². The second-order valence-electron chi connectivity index (χ2n) is 10.0. The van der Waals surface area contributed by atoms with Gasteiger partial charge in [-0.25, -0.2) is 14.3 Å². The number of oxime groups is 1. The van der Waals surface area contributed by atoms with E-state index in [1.54, 1.807) is 6.07 Å². The minimum absolute atomic E-state index is 0.0132. The van der Waals surface area contributed by atoms with Gasteiger partial charge in [0, 0.05) is 23.6 Å². The number of carboxylic acid groups (broad SMARTS) is 1. The fourth-order valence-electron chi connectivity index (χ4n) is 5.18. The van der Waals surface area contributed by atoms with Gasteiger partial charge in [-0.2, -0.15) is 0 Å². The molecular formula is C27H25ClN9O6S2+. The van der Waals surface area contributed by atoms with Crippen molar-refractivity contribution in [3.05, 3.63) is 75.7 Å². The molecule has 1 saturated heterocycles. The lowest BCUT2D eigenvalue weighted by Crippen LogP contribution is -2.71. The van der Waals surface area contributed by atoms with Crippen LogP contribution in [0.25, 0.3) is 10.9 Å². The van der Waals surface area contributed by atoms with Gasteiger partial charge < -0.3 is 35.7 Å². The summed E-state index contributed by atoms with van der Waals surface area (Å²) in [4.78, 5) is 48.7. The first-order valence-corrected chi connectivity index (χ1v) is 15.4. The summed E-state index contributed by atoms with van der Waals surface area (Å²) in [6.45, 7) is 0.670. The van der Waals surface area contributed by atoms with Crippen molar-refractivity contribution in [2.75, 3.05) is 18.6 Å². The van der Waals surface area contributed by atoms with E-state index in [4.69, 9.17) is 37.7 Å². The Kier molecular flexibility index (Phi) is 7.98. The molecular weight excluding hydrogens is 646 g/mol. The van der Waals surface area contributed by atoms with Gasteiger partial charge >= 0.3 is 5.97 Å². The maximum atomic E-state index is 13.2. The van der Waals surface area contributed by atoms with E-state index in [1.807, 2.05) is 39.9 Å². The lowest BCUT2D eigenvalue weighted by atomic mass is 10.0. The fraction of sp³-hybridized carbons (Fsp3) is 0.222. The Balaban J connectivity index is 1.18. The number of carboxylic acids is 1. The number of amides is 2. The van der Waals surface area contributed by atoms with Crippen LogP contribution in [0.15, 0.2) is 63.9 Å². The summed E-state index contributed by atoms with van der Waals surface area (Å²) in [5.41, 5.74) is 12.8. The van der Waals surface area contributed by atoms with E-state index < -0.39 is 29.2 Å². The summed E-state index contributed by atoms with van der Waals surface area (Å²) in [6, 6.07) is 4.56. The van der Waals surface area contributed by atoms with Gasteiger partial charge in [-0.3, -0.25) is 19.9 Å². The number of thioether (sulfide) groups is 1. The van der Waals surface area contributed by atoms with Crippen molar-refractivity contribution in [3.63, 3.8) is 0 Å². The van der Waals surface area contributed by atoms with Crippen molar-refractivity contribution in [2.45, 2.75) is 24.5 Å². The van der Waals surface area contributed by atoms with E-state index in [2.05, 4.69) is 15.5 Å². The highest BCUT2D eigenvalue weighted by Crippen LogP contribution is 2.40. The quantitative estimate of drug-likeness (QED) is 0.0536. The van der Waals surface area contributed by atoms with E-state index in [-0.39, 0.29) is 39.0 Å². The normalized spacial score (nSPS) is 18.1. The standard InChI is InChI=1S/C27H24ClN9O6S2/c1-42-34-18(17-21(28)45-27(31)33-17)23(38)32-19-24(39)37-20(26(40)41)14(11-44-25(19)37)8-35-4-3-16-12(7-35)2-5-36(16)9-15-6-13(10-43-15)22(29)30/h2-7,10,19,25H,8-9,11H2,1H3,(H6-,29,30,31,32,33,38,40,41)/p+1/b34-18-/t19-,25-/m1/s1. The number of amidine groups is 1. The average Bonchev–Trinajstić information content (AvgIpc) is 3.72. The first kappa shape index (κ1) is 30.2. The minimum Gasteiger partial charge on any atom is -0.477 e. The van der Waals surface area contributed by atoms with E-state index in [0.29, 0.717) is 29.2 Å². The molecule has 232 valence electrons. The van der Waals surface area contributed by atoms with E-state index in [1.165, 1.54) is 30.0 Å². The molecule has 4 aromatic heterocycles. The summed E-state index contributed by atoms with van der Waals surface area (Å²) in [5.74, 6) is -1.68. The van der Waals surface area contributed by atoms with Crippen molar-refractivity contribution in [2.24, 2.45) is 10.9 Å². The number of nitrogens with one attached hydrogen (secondary N) is 2. The maximum absolute atomic E-state index is 13.2. The van der Waals surface area contributed by atoms with Crippen LogP contribution < -0.4 is 21.4 Å². The molecule has 0 unspecified atom stereocenters. The lowest BCUT2D eigenvalue weighted by molar-refractivity contribution is -0.687. The van der Waals surface area contributed by atoms with Crippen LogP contribution in [0.1, 0.15) is 17.0 Å². The number of rotatable bonds is 10. The highest BCUT2D eigenvalue weighted by molar-refractivity contribution is 8.00. The van der Waals surface area contributed by atoms with Crippen LogP contribution in [0.3, 0.4) is 0 Å². The number of β-lactam (4-membered cyclic amide) rings is 1. The number of thiazole rings is 1. The number of halogens is 1. The van der Waals surface area contributed by atoms with Crippen molar-refractivity contribution in [1.29, 1.82) is 5.41 Å². The number of aliphatic carboxylic acids is 1. The van der Waals surface area contributed by atoms with E-state index >= 15 is 0 Å². The highest BCUT2D eigenvalue weighted by Gasteiger charge is 2.55. The number of carbonyl (C=O) groups excluding carboxylic acids is 2. The molecule has 15 nitrogen and oxygen atoms in total. The molecule has 1 fully saturated rings. The molecule has 2 atom stereocenters. The number of hydrogen-bond acceptors (Lipinski definition) is 11. The van der Waals surface area contributed by atoms with Gasteiger partial charge in [0.25, 0.3) is 11.8 Å². The third-order valence-electron chi connectivity index (χ3n) is 7.19. The number of nitrogens with two attached hydrogens (primary N) is 2. The maximum Gasteiger partial charge on any atom is 0.352 e. The number of fused-ring (bicyclic) bond motifs is 2. The first-order valence-electron chi connectivity index (χ1n) is 13.2. The zero-order chi connectivity index (χ0) is 32.0. The zero-order valence-corrected chi connectivity index (χ0v) is 25.8. The molecule has 18 heteroatoms. The minimum atomic E-state index is -1.24. The molecule has 7 N–H and O–H groups in total. The van der Waals surface area contributed by atoms with E-state index in [0.717, 1.165) is 22.2 Å². The van der Waals surface area contributed by atoms with Crippen molar-refractivity contribution >= 4 is 80.1 Å². The molecule has 6 heterocycles. The van der Waals surface area contributed by atoms with Crippen molar-refractivity contribution in [3.8, 4) is 0 Å². The molecule has 0 aliphatic carbocycles. The van der Waals surface area contributed by atoms with Gasteiger partial charge in [0.05, 0.1) is 23.0 Å². The van der Waals surface area contributed by atoms with Gasteiger partial charge in [-0.15, -0.1) is 11.8 Å². The summed E-state index contributed by atoms with van der Waals surface area (Å²) in [7, 11) is 1.24. The molecule has 4 aromatic rings. The number of carbonyl (C=O) groups is 3. The van der Waals surface area contributed by atoms with Gasteiger partial charge in [-0.1, -0.05) is 28.1 Å². The third-order valence-corrected chi connectivity index (χ3v) is 9.62. The van der Waals surface area contributed by atoms with Crippen LogP contribution in [-0.4, -0.2) is 73.2 Å². The van der Waals surface area contributed by atoms with Crippen LogP contribution in [0, 0.1) is 5.41 Å². The molecule has 2 aliphatic rings. The highest BCUT2D eigenvalue weighted by atomic mass is 35.5. The average molecular weight is 671 g/mol. The second kappa shape index (κ2) is 11.9. The van der Waals surface area contributed by atoms with Crippen LogP contribution in [0.2, 0.25) is 4.34 Å². The first-order chi connectivity index (χ1) is 21.5. The van der Waals surface area contributed by atoms with Gasteiger partial charge in [-0.05, 0) is 12.1 Å². The number of aromatic nitrogens is 3. The molecule has 45 heavy (non-hydrogen) atoms. The smallest absolute Gasteiger partial charge is 0.352 e. The lowest BCUT2D eigenvalue weighted by Gasteiger charge is -2.49. The Morgan fingerprint density at radius 1 is 1.40 bits per heavy atom. The summed E-state index contributed by atoms with van der Waals surface area (Å²) in [6.07, 6.45) is 7.07. The molecule has 0 radical (unpaired) electrons. The summed E-state index contributed by atoms with van der Waals surface area (Å²) >= 11 is 8.44. The number of anilines is 1. The Morgan fingerprint density at radius 2 is 2.20 bits per heavy atom. The Labute approximate surface area is 267 Å². The monoisotopic (exact) mass is 670 g/mol. The third kappa shape index (κ3) is 5.60. The molecule has 6 rings (SSSR count). The Bertz CT molecular complexity index is 1950.